The molecule has 3 aromatic rings. The maximum Gasteiger partial charge on any atom is 0.0946 e. The summed E-state index contributed by atoms with van der Waals surface area (Å²) in [6, 6.07) is 12.4. The summed E-state index contributed by atoms with van der Waals surface area (Å²) in [5.74, 6) is 0.526. The number of nitrogens with zero attached hydrogens (tertiary/aromatic N) is 4. The van der Waals surface area contributed by atoms with E-state index >= 15 is 0 Å². The quantitative estimate of drug-likeness (QED) is 0.444. The van der Waals surface area contributed by atoms with Crippen molar-refractivity contribution in [2.75, 3.05) is 13.1 Å². The summed E-state index contributed by atoms with van der Waals surface area (Å²) in [4.78, 5) is 12.2. The molecule has 5 heteroatoms. The minimum absolute atomic E-state index is 0.0197. The van der Waals surface area contributed by atoms with Crippen molar-refractivity contribution in [1.29, 1.82) is 0 Å². The van der Waals surface area contributed by atoms with Crippen LogP contribution in [-0.2, 0) is 12.5 Å². The summed E-state index contributed by atoms with van der Waals surface area (Å²) in [5.41, 5.74) is 8.78. The zero-order valence-electron chi connectivity index (χ0n) is 23.6. The Morgan fingerprint density at radius 3 is 2.49 bits per heavy atom. The van der Waals surface area contributed by atoms with Gasteiger partial charge >= 0.3 is 0 Å². The lowest BCUT2D eigenvalue weighted by Crippen LogP contribution is -2.45. The zero-order valence-corrected chi connectivity index (χ0v) is 23.6. The lowest BCUT2D eigenvalue weighted by Gasteiger charge is -2.44. The fraction of sp³-hybridized carbons (Fsp3) is 0.500. The maximum atomic E-state index is 5.12. The average molecular weight is 498 g/mol. The third-order valence-corrected chi connectivity index (χ3v) is 8.72. The Morgan fingerprint density at radius 2 is 1.84 bits per heavy atom. The number of aryl methyl sites for hydroxylation is 2. The predicted molar refractivity (Wildman–Crippen MR) is 153 cm³/mol. The highest BCUT2D eigenvalue weighted by Crippen LogP contribution is 2.51. The van der Waals surface area contributed by atoms with Gasteiger partial charge in [-0.25, -0.2) is 4.98 Å². The largest absolute Gasteiger partial charge is 0.336 e. The number of likely N-dealkylation sites (tertiary alicyclic amines) is 1. The second-order valence-corrected chi connectivity index (χ2v) is 11.9. The van der Waals surface area contributed by atoms with Gasteiger partial charge in [0, 0.05) is 30.7 Å². The molecule has 0 bridgehead atoms. The number of hydrogen-bond acceptors (Lipinski definition) is 4. The molecule has 3 heterocycles. The van der Waals surface area contributed by atoms with Crippen LogP contribution in [0.4, 0.5) is 0 Å². The molecule has 0 amide bonds. The Morgan fingerprint density at radius 1 is 1.08 bits per heavy atom. The maximum absolute atomic E-state index is 5.12. The van der Waals surface area contributed by atoms with Gasteiger partial charge in [-0.15, -0.1) is 0 Å². The molecule has 0 saturated carbocycles. The van der Waals surface area contributed by atoms with Crippen LogP contribution in [0.5, 0.6) is 0 Å². The Bertz CT molecular complexity index is 1280. The molecule has 2 aliphatic rings. The van der Waals surface area contributed by atoms with E-state index in [1.807, 2.05) is 18.7 Å². The van der Waals surface area contributed by atoms with E-state index in [1.54, 1.807) is 0 Å². The summed E-state index contributed by atoms with van der Waals surface area (Å²) < 4.78 is 2.15. The normalized spacial score (nSPS) is 21.5. The minimum Gasteiger partial charge on any atom is -0.336 e. The van der Waals surface area contributed by atoms with Crippen LogP contribution in [0.2, 0.25) is 0 Å². The minimum atomic E-state index is -0.171. The second-order valence-electron chi connectivity index (χ2n) is 11.9. The lowest BCUT2D eigenvalue weighted by atomic mass is 9.64. The molecule has 196 valence electrons. The van der Waals surface area contributed by atoms with Crippen molar-refractivity contribution in [3.05, 3.63) is 82.7 Å². The molecule has 0 radical (unpaired) electrons. The number of hydrogen-bond donors (Lipinski definition) is 1. The smallest absolute Gasteiger partial charge is 0.0946 e. The fourth-order valence-corrected chi connectivity index (χ4v) is 6.65. The van der Waals surface area contributed by atoms with E-state index in [1.165, 1.54) is 52.1 Å². The number of aromatic nitrogens is 3. The van der Waals surface area contributed by atoms with Gasteiger partial charge in [-0.1, -0.05) is 29.8 Å². The summed E-state index contributed by atoms with van der Waals surface area (Å²) in [5, 5.41) is 3.88. The molecule has 1 saturated heterocycles. The van der Waals surface area contributed by atoms with E-state index in [-0.39, 0.29) is 11.5 Å². The predicted octanol–water partition coefficient (Wildman–Crippen LogP) is 6.14. The van der Waals surface area contributed by atoms with E-state index in [0.29, 0.717) is 18.0 Å². The Kier molecular flexibility index (Phi) is 7.12. The van der Waals surface area contributed by atoms with Gasteiger partial charge in [0.25, 0.3) is 0 Å². The van der Waals surface area contributed by atoms with E-state index in [2.05, 4.69) is 105 Å². The van der Waals surface area contributed by atoms with Crippen molar-refractivity contribution in [2.45, 2.75) is 77.9 Å². The molecule has 2 aromatic heterocycles. The van der Waals surface area contributed by atoms with E-state index in [0.717, 1.165) is 13.1 Å². The number of nitrogens with one attached hydrogen (secondary N) is 1. The third-order valence-electron chi connectivity index (χ3n) is 8.72. The molecule has 37 heavy (non-hydrogen) atoms. The SMILES string of the molecule is Cc1ccc2c(c1)C([C@H](NC(C)C)c1cncn1C)=Cc1cccnc1[C@@]2(C)C1CCN(C(C)C)CC1. The highest BCUT2D eigenvalue weighted by atomic mass is 15.1. The zero-order chi connectivity index (χ0) is 26.3. The van der Waals surface area contributed by atoms with Crippen LogP contribution in [-0.4, -0.2) is 44.6 Å². The molecule has 1 fully saturated rings. The number of piperidine rings is 1. The summed E-state index contributed by atoms with van der Waals surface area (Å²) >= 11 is 0. The van der Waals surface area contributed by atoms with Gasteiger partial charge in [0.2, 0.25) is 0 Å². The van der Waals surface area contributed by atoms with Crippen LogP contribution in [0.25, 0.3) is 11.6 Å². The topological polar surface area (TPSA) is 46.0 Å². The fourth-order valence-electron chi connectivity index (χ4n) is 6.65. The van der Waals surface area contributed by atoms with E-state index in [9.17, 15) is 0 Å². The van der Waals surface area contributed by atoms with Gasteiger partial charge in [0.05, 0.1) is 30.0 Å². The van der Waals surface area contributed by atoms with Crippen LogP contribution >= 0.6 is 0 Å². The summed E-state index contributed by atoms with van der Waals surface area (Å²) in [6.45, 7) is 16.1. The Hall–Kier alpha value is -2.76. The number of imidazole rings is 1. The molecule has 1 N–H and O–H groups in total. The first-order valence-corrected chi connectivity index (χ1v) is 13.9. The van der Waals surface area contributed by atoms with E-state index < -0.39 is 0 Å². The standard InChI is InChI=1S/C32H43N5/c1-21(2)35-30(29-19-33-20-36(29)7)27-18-24-9-8-14-34-31(24)32(6,28-11-10-23(5)17-26(27)28)25-12-15-37(16-13-25)22(3)4/h8-11,14,17-22,25,30,35H,12-13,15-16H2,1-7H3/t30-,32-/m0/s1. The molecule has 1 aromatic carbocycles. The molecular weight excluding hydrogens is 454 g/mol. The van der Waals surface area contributed by atoms with Crippen LogP contribution in [0.15, 0.2) is 49.1 Å². The molecule has 5 nitrogen and oxygen atoms in total. The van der Waals surface area contributed by atoms with Crippen molar-refractivity contribution in [3.63, 3.8) is 0 Å². The van der Waals surface area contributed by atoms with Crippen LogP contribution in [0, 0.1) is 12.8 Å². The summed E-state index contributed by atoms with van der Waals surface area (Å²) in [6.07, 6.45) is 10.7. The van der Waals surface area contributed by atoms with E-state index in [4.69, 9.17) is 4.98 Å². The van der Waals surface area contributed by atoms with Crippen molar-refractivity contribution in [2.24, 2.45) is 13.0 Å². The molecule has 1 aliphatic heterocycles. The average Bonchev–Trinajstić information content (AvgIpc) is 3.27. The van der Waals surface area contributed by atoms with Gasteiger partial charge in [0.1, 0.15) is 0 Å². The molecule has 2 atom stereocenters. The van der Waals surface area contributed by atoms with Crippen molar-refractivity contribution < 1.29 is 0 Å². The molecular formula is C32H43N5. The first-order valence-electron chi connectivity index (χ1n) is 13.9. The van der Waals surface area contributed by atoms with Crippen molar-refractivity contribution in [3.8, 4) is 0 Å². The second kappa shape index (κ2) is 10.2. The van der Waals surface area contributed by atoms with Gasteiger partial charge in [0.15, 0.2) is 0 Å². The molecule has 0 spiro atoms. The number of fused-ring (bicyclic) bond motifs is 2. The summed E-state index contributed by atoms with van der Waals surface area (Å²) in [7, 11) is 2.09. The highest BCUT2D eigenvalue weighted by Gasteiger charge is 2.45. The van der Waals surface area contributed by atoms with Gasteiger partial charge in [-0.2, -0.15) is 0 Å². The number of rotatable bonds is 6. The monoisotopic (exact) mass is 497 g/mol. The molecule has 5 rings (SSSR count). The number of pyridine rings is 1. The van der Waals surface area contributed by atoms with Gasteiger partial charge < -0.3 is 14.8 Å². The Labute approximate surface area is 223 Å². The number of benzene rings is 1. The van der Waals surface area contributed by atoms with Crippen molar-refractivity contribution >= 4 is 11.6 Å². The van der Waals surface area contributed by atoms with Gasteiger partial charge in [-0.05, 0) is 108 Å². The molecule has 1 aliphatic carbocycles. The third kappa shape index (κ3) is 4.68. The molecule has 0 unspecified atom stereocenters. The lowest BCUT2D eigenvalue weighted by molar-refractivity contribution is 0.121. The van der Waals surface area contributed by atoms with Crippen molar-refractivity contribution in [1.82, 2.24) is 24.8 Å². The van der Waals surface area contributed by atoms with Crippen LogP contribution in [0.1, 0.15) is 87.1 Å². The Balaban J connectivity index is 1.72. The first-order chi connectivity index (χ1) is 17.7. The van der Waals surface area contributed by atoms with Gasteiger partial charge in [-0.3, -0.25) is 4.98 Å². The first kappa shape index (κ1) is 25.9. The van der Waals surface area contributed by atoms with Crippen LogP contribution in [0.3, 0.4) is 0 Å². The highest BCUT2D eigenvalue weighted by molar-refractivity contribution is 5.89. The van der Waals surface area contributed by atoms with Crippen LogP contribution < -0.4 is 5.32 Å².